The van der Waals surface area contributed by atoms with Gasteiger partial charge in [-0.25, -0.2) is 4.79 Å². The number of urea groups is 1. The van der Waals surface area contributed by atoms with Gasteiger partial charge >= 0.3 is 12.0 Å². The molecule has 0 saturated carbocycles. The average molecular weight is 357 g/mol. The highest BCUT2D eigenvalue weighted by Gasteiger charge is 2.22. The van der Waals surface area contributed by atoms with Gasteiger partial charge in [0.05, 0.1) is 12.1 Å². The largest absolute Gasteiger partial charge is 0.481 e. The molecule has 0 fully saturated rings. The molecule has 21 heavy (non-hydrogen) atoms. The lowest BCUT2D eigenvalue weighted by Gasteiger charge is -2.26. The fourth-order valence-electron chi connectivity index (χ4n) is 2.03. The van der Waals surface area contributed by atoms with Crippen LogP contribution in [0, 0.1) is 5.41 Å². The molecule has 0 aliphatic rings. The van der Waals surface area contributed by atoms with E-state index in [4.69, 9.17) is 5.11 Å². The van der Waals surface area contributed by atoms with Crippen molar-refractivity contribution in [2.24, 2.45) is 5.41 Å². The van der Waals surface area contributed by atoms with Crippen LogP contribution in [0.5, 0.6) is 0 Å². The smallest absolute Gasteiger partial charge is 0.319 e. The van der Waals surface area contributed by atoms with Crippen LogP contribution in [0.1, 0.15) is 33.6 Å². The van der Waals surface area contributed by atoms with Crippen LogP contribution >= 0.6 is 15.9 Å². The van der Waals surface area contributed by atoms with Crippen LogP contribution in [0.2, 0.25) is 0 Å². The molecule has 1 aromatic rings. The van der Waals surface area contributed by atoms with Crippen molar-refractivity contribution >= 4 is 33.6 Å². The van der Waals surface area contributed by atoms with Crippen molar-refractivity contribution in [2.75, 3.05) is 5.32 Å². The Balaban J connectivity index is 2.67. The summed E-state index contributed by atoms with van der Waals surface area (Å²) in [4.78, 5) is 22.9. The van der Waals surface area contributed by atoms with Gasteiger partial charge < -0.3 is 15.7 Å². The summed E-state index contributed by atoms with van der Waals surface area (Å²) in [6, 6.07) is 6.42. The highest BCUT2D eigenvalue weighted by molar-refractivity contribution is 9.10. The van der Waals surface area contributed by atoms with Gasteiger partial charge in [0, 0.05) is 10.5 Å². The number of para-hydroxylation sites is 1. The molecule has 3 N–H and O–H groups in total. The number of carboxylic acids is 1. The van der Waals surface area contributed by atoms with Crippen molar-refractivity contribution in [3.05, 3.63) is 28.7 Å². The van der Waals surface area contributed by atoms with E-state index < -0.39 is 18.0 Å². The van der Waals surface area contributed by atoms with Crippen molar-refractivity contribution < 1.29 is 14.7 Å². The Morgan fingerprint density at radius 1 is 1.29 bits per heavy atom. The number of amides is 2. The number of benzene rings is 1. The van der Waals surface area contributed by atoms with Crippen molar-refractivity contribution in [3.63, 3.8) is 0 Å². The summed E-state index contributed by atoms with van der Waals surface area (Å²) < 4.78 is 0.769. The van der Waals surface area contributed by atoms with E-state index in [9.17, 15) is 9.59 Å². The van der Waals surface area contributed by atoms with E-state index in [0.29, 0.717) is 12.1 Å². The zero-order valence-corrected chi connectivity index (χ0v) is 14.0. The first-order chi connectivity index (χ1) is 9.67. The molecule has 1 rings (SSSR count). The molecule has 1 unspecified atom stereocenters. The summed E-state index contributed by atoms with van der Waals surface area (Å²) in [7, 11) is 0. The lowest BCUT2D eigenvalue weighted by Crippen LogP contribution is -2.41. The van der Waals surface area contributed by atoms with Gasteiger partial charge in [-0.15, -0.1) is 0 Å². The number of aliphatic carboxylic acids is 1. The molecule has 0 aromatic heterocycles. The van der Waals surface area contributed by atoms with Gasteiger partial charge in [0.25, 0.3) is 0 Å². The Morgan fingerprint density at radius 2 is 1.90 bits per heavy atom. The summed E-state index contributed by atoms with van der Waals surface area (Å²) in [6.45, 7) is 6.03. The first-order valence-corrected chi connectivity index (χ1v) is 7.50. The topological polar surface area (TPSA) is 78.4 Å². The second-order valence-corrected chi connectivity index (χ2v) is 6.99. The van der Waals surface area contributed by atoms with Crippen LogP contribution in [0.15, 0.2) is 28.7 Å². The summed E-state index contributed by atoms with van der Waals surface area (Å²) >= 11 is 3.34. The first kappa shape index (κ1) is 17.5. The molecule has 1 aromatic carbocycles. The number of halogens is 1. The van der Waals surface area contributed by atoms with E-state index in [1.807, 2.05) is 39.0 Å². The number of hydrogen-bond acceptors (Lipinski definition) is 2. The number of anilines is 1. The van der Waals surface area contributed by atoms with Crippen LogP contribution in [-0.2, 0) is 4.79 Å². The molecule has 0 saturated heterocycles. The summed E-state index contributed by atoms with van der Waals surface area (Å²) in [6.07, 6.45) is 0.489. The van der Waals surface area contributed by atoms with E-state index in [1.54, 1.807) is 6.07 Å². The molecular formula is C15H21BrN2O3. The summed E-state index contributed by atoms with van der Waals surface area (Å²) in [5.74, 6) is -0.926. The molecule has 0 heterocycles. The van der Waals surface area contributed by atoms with E-state index in [1.165, 1.54) is 0 Å². The van der Waals surface area contributed by atoms with Crippen LogP contribution in [0.4, 0.5) is 10.5 Å². The Bertz CT molecular complexity index is 512. The standard InChI is InChI=1S/C15H21BrN2O3/c1-15(2,3)9-10(8-13(19)20)17-14(21)18-12-7-5-4-6-11(12)16/h4-7,10H,8-9H2,1-3H3,(H,19,20)(H2,17,18,21). The van der Waals surface area contributed by atoms with E-state index >= 15 is 0 Å². The van der Waals surface area contributed by atoms with Crippen molar-refractivity contribution in [1.82, 2.24) is 5.32 Å². The molecule has 0 spiro atoms. The molecule has 116 valence electrons. The SMILES string of the molecule is CC(C)(C)CC(CC(=O)O)NC(=O)Nc1ccccc1Br. The van der Waals surface area contributed by atoms with Gasteiger partial charge in [-0.05, 0) is 39.9 Å². The fourth-order valence-corrected chi connectivity index (χ4v) is 2.41. The van der Waals surface area contributed by atoms with E-state index in [-0.39, 0.29) is 11.8 Å². The van der Waals surface area contributed by atoms with Crippen LogP contribution < -0.4 is 10.6 Å². The zero-order chi connectivity index (χ0) is 16.0. The lowest BCUT2D eigenvalue weighted by molar-refractivity contribution is -0.137. The second kappa shape index (κ2) is 7.45. The predicted molar refractivity (Wildman–Crippen MR) is 86.4 cm³/mol. The third kappa shape index (κ3) is 7.13. The molecular weight excluding hydrogens is 336 g/mol. The minimum atomic E-state index is -0.926. The van der Waals surface area contributed by atoms with E-state index in [0.717, 1.165) is 4.47 Å². The van der Waals surface area contributed by atoms with Crippen molar-refractivity contribution in [1.29, 1.82) is 0 Å². The van der Waals surface area contributed by atoms with Gasteiger partial charge in [0.2, 0.25) is 0 Å². The number of hydrogen-bond donors (Lipinski definition) is 3. The maximum atomic E-state index is 12.0. The molecule has 2 amide bonds. The Labute approximate surface area is 133 Å². The minimum absolute atomic E-state index is 0.0687. The van der Waals surface area contributed by atoms with Crippen LogP contribution in [-0.4, -0.2) is 23.1 Å². The summed E-state index contributed by atoms with van der Waals surface area (Å²) in [5.41, 5.74) is 0.570. The van der Waals surface area contributed by atoms with Gasteiger partial charge in [0.1, 0.15) is 0 Å². The van der Waals surface area contributed by atoms with E-state index in [2.05, 4.69) is 26.6 Å². The predicted octanol–water partition coefficient (Wildman–Crippen LogP) is 3.85. The highest BCUT2D eigenvalue weighted by atomic mass is 79.9. The Hall–Kier alpha value is -1.56. The molecule has 5 nitrogen and oxygen atoms in total. The van der Waals surface area contributed by atoms with Crippen molar-refractivity contribution in [3.8, 4) is 0 Å². The zero-order valence-electron chi connectivity index (χ0n) is 12.4. The first-order valence-electron chi connectivity index (χ1n) is 6.71. The monoisotopic (exact) mass is 356 g/mol. The number of carbonyl (C=O) groups excluding carboxylic acids is 1. The van der Waals surface area contributed by atoms with Crippen LogP contribution in [0.3, 0.4) is 0 Å². The third-order valence-corrected chi connectivity index (χ3v) is 3.43. The van der Waals surface area contributed by atoms with Gasteiger partial charge in [-0.1, -0.05) is 32.9 Å². The number of rotatable bonds is 5. The molecule has 0 aliphatic heterocycles. The Kier molecular flexibility index (Phi) is 6.20. The van der Waals surface area contributed by atoms with Crippen LogP contribution in [0.25, 0.3) is 0 Å². The van der Waals surface area contributed by atoms with Gasteiger partial charge in [0.15, 0.2) is 0 Å². The number of nitrogens with one attached hydrogen (secondary N) is 2. The number of carboxylic acid groups (broad SMARTS) is 1. The second-order valence-electron chi connectivity index (χ2n) is 6.14. The molecule has 0 bridgehead atoms. The highest BCUT2D eigenvalue weighted by Crippen LogP contribution is 2.23. The maximum absolute atomic E-state index is 12.0. The average Bonchev–Trinajstić information content (AvgIpc) is 2.28. The van der Waals surface area contributed by atoms with Gasteiger partial charge in [-0.2, -0.15) is 0 Å². The third-order valence-electron chi connectivity index (χ3n) is 2.74. The summed E-state index contributed by atoms with van der Waals surface area (Å²) in [5, 5.41) is 14.4. The molecule has 0 radical (unpaired) electrons. The lowest BCUT2D eigenvalue weighted by atomic mass is 9.87. The molecule has 1 atom stereocenters. The maximum Gasteiger partial charge on any atom is 0.319 e. The molecule has 0 aliphatic carbocycles. The fraction of sp³-hybridized carbons (Fsp3) is 0.467. The Morgan fingerprint density at radius 3 is 2.43 bits per heavy atom. The number of carbonyl (C=O) groups is 2. The van der Waals surface area contributed by atoms with Crippen molar-refractivity contribution in [2.45, 2.75) is 39.7 Å². The quantitative estimate of drug-likeness (QED) is 0.749. The molecule has 6 heteroatoms. The van der Waals surface area contributed by atoms with Gasteiger partial charge in [-0.3, -0.25) is 4.79 Å². The minimum Gasteiger partial charge on any atom is -0.481 e. The normalized spacial score (nSPS) is 12.6.